The lowest BCUT2D eigenvalue weighted by atomic mass is 10.0. The number of aliphatic hydroxyl groups excluding tert-OH is 4. The Bertz CT molecular complexity index is 1360. The fraction of sp³-hybridized carbons (Fsp3) is 0.778. The van der Waals surface area contributed by atoms with Crippen LogP contribution in [0, 0.1) is 5.92 Å². The van der Waals surface area contributed by atoms with E-state index in [1.54, 1.807) is 42.5 Å². The third kappa shape index (κ3) is 42.4. The minimum absolute atomic E-state index is 0.0261. The molecule has 0 aliphatic carbocycles. The summed E-state index contributed by atoms with van der Waals surface area (Å²) in [5.41, 5.74) is 0. The molecule has 18 heteroatoms. The van der Waals surface area contributed by atoms with Gasteiger partial charge < -0.3 is 44.6 Å². The Balaban J connectivity index is 4.80. The molecule has 0 aliphatic rings. The first-order chi connectivity index (χ1) is 29.9. The molecule has 63 heavy (non-hydrogen) atoms. The van der Waals surface area contributed by atoms with E-state index < -0.39 is 84.5 Å². The van der Waals surface area contributed by atoms with Crippen LogP contribution in [-0.4, -0.2) is 104 Å². The number of rotatable bonds is 42. The average Bonchev–Trinajstić information content (AvgIpc) is 3.22. The van der Waals surface area contributed by atoms with Crippen molar-refractivity contribution in [1.29, 1.82) is 0 Å². The molecule has 0 amide bonds. The first-order valence-electron chi connectivity index (χ1n) is 23.0. The molecule has 0 aromatic heterocycles. The molecule has 6 atom stereocenters. The number of carbonyl (C=O) groups is 2. The van der Waals surface area contributed by atoms with Crippen molar-refractivity contribution in [3.63, 3.8) is 0 Å². The van der Waals surface area contributed by atoms with Gasteiger partial charge in [0.05, 0.1) is 38.1 Å². The molecule has 0 fully saturated rings. The molecular formula is C45H82O16P2. The van der Waals surface area contributed by atoms with Crippen molar-refractivity contribution in [2.24, 2.45) is 5.92 Å². The van der Waals surface area contributed by atoms with Gasteiger partial charge in [-0.2, -0.15) is 0 Å². The van der Waals surface area contributed by atoms with E-state index in [0.29, 0.717) is 6.42 Å². The maximum absolute atomic E-state index is 12.7. The fourth-order valence-corrected chi connectivity index (χ4v) is 7.25. The number of hydrogen-bond donors (Lipinski definition) is 7. The van der Waals surface area contributed by atoms with Gasteiger partial charge in [-0.05, 0) is 31.6 Å². The third-order valence-electron chi connectivity index (χ3n) is 9.76. The molecule has 0 bridgehead atoms. The van der Waals surface area contributed by atoms with E-state index in [4.69, 9.17) is 23.8 Å². The third-order valence-corrected chi connectivity index (χ3v) is 11.2. The number of carbonyl (C=O) groups excluding carboxylic acids is 2. The Kier molecular flexibility index (Phi) is 37.9. The average molecular weight is 941 g/mol. The van der Waals surface area contributed by atoms with Crippen molar-refractivity contribution in [2.75, 3.05) is 26.4 Å². The molecule has 368 valence electrons. The zero-order valence-electron chi connectivity index (χ0n) is 38.2. The zero-order valence-corrected chi connectivity index (χ0v) is 40.0. The molecular weight excluding hydrogens is 858 g/mol. The van der Waals surface area contributed by atoms with Crippen molar-refractivity contribution in [2.45, 2.75) is 193 Å². The zero-order chi connectivity index (χ0) is 47.2. The fourth-order valence-electron chi connectivity index (χ4n) is 6.09. The van der Waals surface area contributed by atoms with E-state index in [-0.39, 0.29) is 25.7 Å². The number of esters is 2. The van der Waals surface area contributed by atoms with Crippen LogP contribution >= 0.6 is 15.6 Å². The van der Waals surface area contributed by atoms with Crippen LogP contribution in [0.25, 0.3) is 0 Å². The summed E-state index contributed by atoms with van der Waals surface area (Å²) in [6.07, 6.45) is 27.6. The van der Waals surface area contributed by atoms with Gasteiger partial charge in [-0.25, -0.2) is 9.13 Å². The van der Waals surface area contributed by atoms with Crippen LogP contribution in [0.5, 0.6) is 0 Å². The Morgan fingerprint density at radius 1 is 0.540 bits per heavy atom. The standard InChI is InChI=1S/C45H82O16P2/c1-4-5-21-28-39(46)29-23-18-15-16-19-24-30-42(48)43(49)31-26-33-45(51)61-41(37-60-63(55,56)59-35-40(47)34-58-62(52,53)54)36-57-44(50)32-25-20-14-12-10-8-6-7-9-11-13-17-22-27-38(2)3/h15-16,18-19,23-24,29-30,38-43,46-49H,4-14,17,20-22,25-28,31-37H2,1-3H3,(H,55,56)(H2,52,53,54)/b18-15-,19-16+,29-23+,30-24+/t39-,40-,41+,42-,43-/m0/s1. The maximum Gasteiger partial charge on any atom is 0.472 e. The summed E-state index contributed by atoms with van der Waals surface area (Å²) in [7, 11) is -9.81. The Labute approximate surface area is 377 Å². The smallest absolute Gasteiger partial charge is 0.462 e. The summed E-state index contributed by atoms with van der Waals surface area (Å²) in [6.45, 7) is 3.58. The van der Waals surface area contributed by atoms with E-state index in [1.165, 1.54) is 63.9 Å². The minimum atomic E-state index is -4.91. The van der Waals surface area contributed by atoms with Gasteiger partial charge in [-0.3, -0.25) is 23.2 Å². The highest BCUT2D eigenvalue weighted by Gasteiger charge is 2.28. The molecule has 1 unspecified atom stereocenters. The first kappa shape index (κ1) is 61.0. The molecule has 0 aliphatic heterocycles. The molecule has 7 N–H and O–H groups in total. The summed E-state index contributed by atoms with van der Waals surface area (Å²) in [5.74, 6) is -0.572. The van der Waals surface area contributed by atoms with Crippen LogP contribution in [0.1, 0.15) is 162 Å². The molecule has 0 saturated carbocycles. The predicted molar refractivity (Wildman–Crippen MR) is 243 cm³/mol. The lowest BCUT2D eigenvalue weighted by Gasteiger charge is -2.21. The lowest BCUT2D eigenvalue weighted by Crippen LogP contribution is -2.30. The first-order valence-corrected chi connectivity index (χ1v) is 26.0. The van der Waals surface area contributed by atoms with Crippen LogP contribution in [-0.2, 0) is 41.8 Å². The van der Waals surface area contributed by atoms with Gasteiger partial charge in [0.1, 0.15) is 12.7 Å². The van der Waals surface area contributed by atoms with E-state index in [2.05, 4.69) is 29.8 Å². The summed E-state index contributed by atoms with van der Waals surface area (Å²) >= 11 is 0. The molecule has 0 saturated heterocycles. The van der Waals surface area contributed by atoms with Gasteiger partial charge in [0.15, 0.2) is 6.10 Å². The summed E-state index contributed by atoms with van der Waals surface area (Å²) < 4.78 is 47.6. The highest BCUT2D eigenvalue weighted by Crippen LogP contribution is 2.43. The second kappa shape index (κ2) is 39.2. The minimum Gasteiger partial charge on any atom is -0.462 e. The second-order valence-corrected chi connectivity index (χ2v) is 19.1. The van der Waals surface area contributed by atoms with Crippen LogP contribution in [0.2, 0.25) is 0 Å². The number of ether oxygens (including phenoxy) is 2. The molecule has 0 rings (SSSR count). The lowest BCUT2D eigenvalue weighted by molar-refractivity contribution is -0.161. The van der Waals surface area contributed by atoms with E-state index >= 15 is 0 Å². The monoisotopic (exact) mass is 941 g/mol. The van der Waals surface area contributed by atoms with Gasteiger partial charge >= 0.3 is 27.6 Å². The van der Waals surface area contributed by atoms with Crippen molar-refractivity contribution >= 4 is 27.6 Å². The van der Waals surface area contributed by atoms with Crippen LogP contribution in [0.3, 0.4) is 0 Å². The maximum atomic E-state index is 12.7. The molecule has 0 aromatic rings. The second-order valence-electron chi connectivity index (χ2n) is 16.4. The number of hydrogen-bond acceptors (Lipinski definition) is 13. The van der Waals surface area contributed by atoms with Gasteiger partial charge in [-0.15, -0.1) is 0 Å². The summed E-state index contributed by atoms with van der Waals surface area (Å²) in [4.78, 5) is 52.8. The van der Waals surface area contributed by atoms with Crippen molar-refractivity contribution in [3.8, 4) is 0 Å². The number of allylic oxidation sites excluding steroid dienone is 6. The van der Waals surface area contributed by atoms with Crippen LogP contribution in [0.4, 0.5) is 0 Å². The van der Waals surface area contributed by atoms with Crippen LogP contribution < -0.4 is 0 Å². The van der Waals surface area contributed by atoms with E-state index in [1.807, 2.05) is 0 Å². The quantitative estimate of drug-likeness (QED) is 0.0131. The highest BCUT2D eigenvalue weighted by atomic mass is 31.2. The molecule has 0 heterocycles. The van der Waals surface area contributed by atoms with Crippen LogP contribution in [0.15, 0.2) is 48.6 Å². The van der Waals surface area contributed by atoms with Crippen molar-refractivity contribution in [3.05, 3.63) is 48.6 Å². The normalized spacial score (nSPS) is 16.0. The van der Waals surface area contributed by atoms with E-state index in [9.17, 15) is 44.0 Å². The van der Waals surface area contributed by atoms with E-state index in [0.717, 1.165) is 57.3 Å². The summed E-state index contributed by atoms with van der Waals surface area (Å²) in [5, 5.41) is 40.3. The number of unbranched alkanes of at least 4 members (excludes halogenated alkanes) is 14. The largest absolute Gasteiger partial charge is 0.472 e. The van der Waals surface area contributed by atoms with Gasteiger partial charge in [0.25, 0.3) is 0 Å². The number of phosphoric acid groups is 2. The van der Waals surface area contributed by atoms with Crippen molar-refractivity contribution < 1.29 is 76.9 Å². The van der Waals surface area contributed by atoms with Crippen molar-refractivity contribution in [1.82, 2.24) is 0 Å². The predicted octanol–water partition coefficient (Wildman–Crippen LogP) is 8.61. The Morgan fingerprint density at radius 2 is 1.03 bits per heavy atom. The van der Waals surface area contributed by atoms with Gasteiger partial charge in [0.2, 0.25) is 0 Å². The molecule has 0 radical (unpaired) electrons. The number of phosphoric ester groups is 2. The molecule has 16 nitrogen and oxygen atoms in total. The number of aliphatic hydroxyl groups is 4. The molecule has 0 spiro atoms. The Morgan fingerprint density at radius 3 is 1.60 bits per heavy atom. The highest BCUT2D eigenvalue weighted by molar-refractivity contribution is 7.47. The SMILES string of the molecule is CCCCC[C@H](O)/C=C/C=C\C=C\C=C\[C@H](O)[C@@H](O)CCCC(=O)O[C@H](COC(=O)CCCCCCCCCCCCCCCC(C)C)COP(=O)(O)OC[C@@H](O)COP(=O)(O)O. The van der Waals surface area contributed by atoms with Gasteiger partial charge in [0, 0.05) is 12.8 Å². The molecule has 0 aromatic carbocycles. The summed E-state index contributed by atoms with van der Waals surface area (Å²) in [6, 6.07) is 0. The topological polar surface area (TPSA) is 256 Å². The van der Waals surface area contributed by atoms with Gasteiger partial charge in [-0.1, -0.05) is 172 Å². The Hall–Kier alpha value is -2.04.